The molecule has 0 aliphatic rings. The first-order chi connectivity index (χ1) is 11.9. The summed E-state index contributed by atoms with van der Waals surface area (Å²) in [5.41, 5.74) is 3.02. The fourth-order valence-corrected chi connectivity index (χ4v) is 4.10. The minimum Gasteiger partial charge on any atom is -0.265 e. The van der Waals surface area contributed by atoms with Crippen LogP contribution in [-0.4, -0.2) is 18.2 Å². The molecule has 130 valence electrons. The van der Waals surface area contributed by atoms with Crippen molar-refractivity contribution in [1.29, 1.82) is 0 Å². The number of anilines is 1. The second kappa shape index (κ2) is 7.41. The molecule has 0 saturated carbocycles. The summed E-state index contributed by atoms with van der Waals surface area (Å²) in [4.78, 5) is 0. The Balaban J connectivity index is 1.72. The number of nitrogens with zero attached hydrogens (tertiary/aromatic N) is 2. The Morgan fingerprint density at radius 3 is 2.40 bits per heavy atom. The Bertz CT molecular complexity index is 952. The lowest BCUT2D eigenvalue weighted by atomic mass is 10.1. The van der Waals surface area contributed by atoms with Crippen LogP contribution in [0, 0.1) is 6.92 Å². The van der Waals surface area contributed by atoms with Gasteiger partial charge in [-0.05, 0) is 34.0 Å². The standard InChI is InChI=1S/C18H18BrN3O2S/c1-14-7-9-15(10-8-14)11-22-12-17(19)18(20-22)21-25(23,24)13-16-5-3-2-4-6-16/h2-10,12H,11,13H2,1H3,(H,20,21). The molecule has 25 heavy (non-hydrogen) atoms. The SMILES string of the molecule is Cc1ccc(Cn2cc(Br)c(NS(=O)(=O)Cc3ccccc3)n2)cc1. The zero-order valence-electron chi connectivity index (χ0n) is 13.7. The molecule has 5 nitrogen and oxygen atoms in total. The normalized spacial score (nSPS) is 11.4. The highest BCUT2D eigenvalue weighted by Crippen LogP contribution is 2.22. The fraction of sp³-hybridized carbons (Fsp3) is 0.167. The number of halogens is 1. The molecule has 0 aliphatic heterocycles. The van der Waals surface area contributed by atoms with E-state index in [-0.39, 0.29) is 5.75 Å². The summed E-state index contributed by atoms with van der Waals surface area (Å²) in [7, 11) is -3.53. The van der Waals surface area contributed by atoms with Gasteiger partial charge in [0, 0.05) is 6.20 Å². The van der Waals surface area contributed by atoms with Gasteiger partial charge in [-0.1, -0.05) is 60.2 Å². The third kappa shape index (κ3) is 4.93. The van der Waals surface area contributed by atoms with Crippen molar-refractivity contribution >= 4 is 31.8 Å². The van der Waals surface area contributed by atoms with Gasteiger partial charge < -0.3 is 0 Å². The number of hydrogen-bond acceptors (Lipinski definition) is 3. The first-order valence-corrected chi connectivity index (χ1v) is 10.2. The number of sulfonamides is 1. The van der Waals surface area contributed by atoms with E-state index < -0.39 is 10.0 Å². The van der Waals surface area contributed by atoms with Gasteiger partial charge in [-0.2, -0.15) is 5.10 Å². The number of benzene rings is 2. The van der Waals surface area contributed by atoms with Crippen LogP contribution in [0.5, 0.6) is 0 Å². The molecule has 2 aromatic carbocycles. The maximum Gasteiger partial charge on any atom is 0.238 e. The van der Waals surface area contributed by atoms with Crippen LogP contribution >= 0.6 is 15.9 Å². The van der Waals surface area contributed by atoms with Crippen molar-refractivity contribution in [2.75, 3.05) is 4.72 Å². The maximum absolute atomic E-state index is 12.3. The first-order valence-electron chi connectivity index (χ1n) is 7.74. The van der Waals surface area contributed by atoms with Gasteiger partial charge in [-0.25, -0.2) is 8.42 Å². The lowest BCUT2D eigenvalue weighted by Crippen LogP contribution is -2.16. The highest BCUT2D eigenvalue weighted by atomic mass is 79.9. The minimum absolute atomic E-state index is 0.0922. The van der Waals surface area contributed by atoms with E-state index >= 15 is 0 Å². The molecular formula is C18H18BrN3O2S. The van der Waals surface area contributed by atoms with Crippen molar-refractivity contribution in [2.45, 2.75) is 19.2 Å². The number of aromatic nitrogens is 2. The van der Waals surface area contributed by atoms with Gasteiger partial charge in [0.05, 0.1) is 16.8 Å². The van der Waals surface area contributed by atoms with E-state index in [9.17, 15) is 8.42 Å². The highest BCUT2D eigenvalue weighted by Gasteiger charge is 2.16. The van der Waals surface area contributed by atoms with E-state index in [4.69, 9.17) is 0 Å². The Morgan fingerprint density at radius 2 is 1.72 bits per heavy atom. The second-order valence-electron chi connectivity index (χ2n) is 5.86. The zero-order valence-corrected chi connectivity index (χ0v) is 16.1. The highest BCUT2D eigenvalue weighted by molar-refractivity contribution is 9.10. The largest absolute Gasteiger partial charge is 0.265 e. The molecule has 0 radical (unpaired) electrons. The second-order valence-corrected chi connectivity index (χ2v) is 8.43. The van der Waals surface area contributed by atoms with Crippen molar-refractivity contribution in [2.24, 2.45) is 0 Å². The minimum atomic E-state index is -3.53. The average Bonchev–Trinajstić information content (AvgIpc) is 2.89. The third-order valence-electron chi connectivity index (χ3n) is 3.63. The first kappa shape index (κ1) is 17.7. The smallest absolute Gasteiger partial charge is 0.238 e. The predicted molar refractivity (Wildman–Crippen MR) is 103 cm³/mol. The van der Waals surface area contributed by atoms with Crippen molar-refractivity contribution < 1.29 is 8.42 Å². The lowest BCUT2D eigenvalue weighted by molar-refractivity contribution is 0.600. The van der Waals surface area contributed by atoms with Gasteiger partial charge >= 0.3 is 0 Å². The molecule has 0 unspecified atom stereocenters. The summed E-state index contributed by atoms with van der Waals surface area (Å²) in [5.74, 6) is 0.202. The summed E-state index contributed by atoms with van der Waals surface area (Å²) in [6.07, 6.45) is 1.76. The summed E-state index contributed by atoms with van der Waals surface area (Å²) in [6, 6.07) is 17.2. The number of aryl methyl sites for hydroxylation is 1. The summed E-state index contributed by atoms with van der Waals surface area (Å²) < 4.78 is 29.5. The lowest BCUT2D eigenvalue weighted by Gasteiger charge is -2.06. The molecule has 0 saturated heterocycles. The topological polar surface area (TPSA) is 64.0 Å². The van der Waals surface area contributed by atoms with Gasteiger partial charge in [-0.3, -0.25) is 9.40 Å². The molecule has 0 bridgehead atoms. The van der Waals surface area contributed by atoms with Crippen LogP contribution in [0.4, 0.5) is 5.82 Å². The molecule has 0 atom stereocenters. The van der Waals surface area contributed by atoms with Crippen LogP contribution in [0.3, 0.4) is 0 Å². The zero-order chi connectivity index (χ0) is 17.9. The van der Waals surface area contributed by atoms with Crippen LogP contribution in [0.2, 0.25) is 0 Å². The van der Waals surface area contributed by atoms with Crippen LogP contribution in [-0.2, 0) is 22.3 Å². The van der Waals surface area contributed by atoms with E-state index in [2.05, 4.69) is 25.8 Å². The van der Waals surface area contributed by atoms with E-state index in [1.165, 1.54) is 5.56 Å². The Morgan fingerprint density at radius 1 is 1.04 bits per heavy atom. The molecule has 0 fully saturated rings. The van der Waals surface area contributed by atoms with Crippen molar-refractivity contribution in [3.05, 3.63) is 82.0 Å². The number of rotatable bonds is 6. The molecular weight excluding hydrogens is 402 g/mol. The summed E-state index contributed by atoms with van der Waals surface area (Å²) in [6.45, 7) is 2.60. The van der Waals surface area contributed by atoms with Crippen LogP contribution in [0.15, 0.2) is 65.3 Å². The molecule has 0 amide bonds. The average molecular weight is 420 g/mol. The maximum atomic E-state index is 12.3. The van der Waals surface area contributed by atoms with Crippen molar-refractivity contribution in [3.8, 4) is 0 Å². The van der Waals surface area contributed by atoms with Crippen LogP contribution in [0.25, 0.3) is 0 Å². The van der Waals surface area contributed by atoms with Gasteiger partial charge in [0.15, 0.2) is 5.82 Å². The fourth-order valence-electron chi connectivity index (χ4n) is 2.40. The summed E-state index contributed by atoms with van der Waals surface area (Å²) in [5, 5.41) is 4.33. The number of nitrogens with one attached hydrogen (secondary N) is 1. The van der Waals surface area contributed by atoms with Crippen LogP contribution < -0.4 is 4.72 Å². The van der Waals surface area contributed by atoms with E-state index in [0.29, 0.717) is 16.8 Å². The Kier molecular flexibility index (Phi) is 5.24. The molecule has 0 spiro atoms. The molecule has 7 heteroatoms. The molecule has 1 N–H and O–H groups in total. The van der Waals surface area contributed by atoms with Crippen molar-refractivity contribution in [1.82, 2.24) is 9.78 Å². The van der Waals surface area contributed by atoms with Crippen LogP contribution in [0.1, 0.15) is 16.7 Å². The van der Waals surface area contributed by atoms with E-state index in [0.717, 1.165) is 11.1 Å². The van der Waals surface area contributed by atoms with Crippen molar-refractivity contribution in [3.63, 3.8) is 0 Å². The van der Waals surface area contributed by atoms with E-state index in [1.54, 1.807) is 23.0 Å². The van der Waals surface area contributed by atoms with Gasteiger partial charge in [0.1, 0.15) is 0 Å². The Hall–Kier alpha value is -2.12. The molecule has 3 aromatic rings. The monoisotopic (exact) mass is 419 g/mol. The predicted octanol–water partition coefficient (Wildman–Crippen LogP) is 3.94. The molecule has 3 rings (SSSR count). The Labute approximate surface area is 155 Å². The third-order valence-corrected chi connectivity index (χ3v) is 5.43. The van der Waals surface area contributed by atoms with Gasteiger partial charge in [-0.15, -0.1) is 0 Å². The van der Waals surface area contributed by atoms with Gasteiger partial charge in [0.25, 0.3) is 0 Å². The van der Waals surface area contributed by atoms with Gasteiger partial charge in [0.2, 0.25) is 10.0 Å². The summed E-state index contributed by atoms with van der Waals surface area (Å²) >= 11 is 3.37. The van der Waals surface area contributed by atoms with E-state index in [1.807, 2.05) is 49.4 Å². The number of hydrogen-bond donors (Lipinski definition) is 1. The molecule has 1 aromatic heterocycles. The quantitative estimate of drug-likeness (QED) is 0.657. The molecule has 1 heterocycles. The molecule has 0 aliphatic carbocycles.